The number of rotatable bonds is 4. The average Bonchev–Trinajstić information content (AvgIpc) is 2.66. The van der Waals surface area contributed by atoms with E-state index in [1.165, 1.54) is 0 Å². The highest BCUT2D eigenvalue weighted by molar-refractivity contribution is 9.10. The summed E-state index contributed by atoms with van der Waals surface area (Å²) in [5, 5.41) is 0. The van der Waals surface area contributed by atoms with Gasteiger partial charge in [-0.25, -0.2) is 0 Å². The molecular formula is C23H22Br2O3. The lowest BCUT2D eigenvalue weighted by molar-refractivity contribution is -0.113. The molecule has 0 aromatic heterocycles. The molecule has 1 atom stereocenters. The van der Waals surface area contributed by atoms with E-state index in [0.717, 1.165) is 55.6 Å². The summed E-state index contributed by atoms with van der Waals surface area (Å²) in [5.74, 6) is 1.97. The molecule has 1 fully saturated rings. The number of allylic oxidation sites excluding steroid dienone is 2. The predicted octanol–water partition coefficient (Wildman–Crippen LogP) is 6.69. The molecule has 0 bridgehead atoms. The molecule has 0 N–H and O–H groups in total. The van der Waals surface area contributed by atoms with E-state index in [9.17, 15) is 4.79 Å². The van der Waals surface area contributed by atoms with E-state index in [0.29, 0.717) is 5.92 Å². The van der Waals surface area contributed by atoms with Gasteiger partial charge in [-0.05, 0) is 67.3 Å². The second kappa shape index (κ2) is 9.10. The Labute approximate surface area is 182 Å². The van der Waals surface area contributed by atoms with Crippen LogP contribution in [0.2, 0.25) is 0 Å². The lowest BCUT2D eigenvalue weighted by Gasteiger charge is -2.23. The number of hydrogen-bond donors (Lipinski definition) is 0. The smallest absolute Gasteiger partial charge is 0.185 e. The molecule has 146 valence electrons. The Hall–Kier alpha value is -1.85. The summed E-state index contributed by atoms with van der Waals surface area (Å²) in [6, 6.07) is 11.6. The van der Waals surface area contributed by atoms with Gasteiger partial charge in [0.1, 0.15) is 11.5 Å². The molecule has 0 heterocycles. The van der Waals surface area contributed by atoms with E-state index < -0.39 is 0 Å². The first-order valence-corrected chi connectivity index (χ1v) is 10.6. The van der Waals surface area contributed by atoms with Gasteiger partial charge in [0.15, 0.2) is 5.78 Å². The monoisotopic (exact) mass is 504 g/mol. The van der Waals surface area contributed by atoms with Crippen LogP contribution in [0.1, 0.15) is 30.9 Å². The van der Waals surface area contributed by atoms with Crippen molar-refractivity contribution < 1.29 is 14.3 Å². The van der Waals surface area contributed by atoms with Gasteiger partial charge in [0.05, 0.1) is 14.2 Å². The molecule has 0 radical (unpaired) electrons. The molecule has 5 heteroatoms. The minimum Gasteiger partial charge on any atom is -0.496 e. The van der Waals surface area contributed by atoms with Gasteiger partial charge in [0.2, 0.25) is 0 Å². The van der Waals surface area contributed by atoms with Crippen LogP contribution in [0.4, 0.5) is 0 Å². The Kier molecular flexibility index (Phi) is 6.78. The molecule has 0 amide bonds. The van der Waals surface area contributed by atoms with Crippen LogP contribution in [-0.2, 0) is 4.79 Å². The van der Waals surface area contributed by atoms with Gasteiger partial charge in [0.25, 0.3) is 0 Å². The van der Waals surface area contributed by atoms with Gasteiger partial charge in [-0.2, -0.15) is 0 Å². The highest BCUT2D eigenvalue weighted by atomic mass is 79.9. The molecule has 2 aromatic carbocycles. The van der Waals surface area contributed by atoms with Crippen molar-refractivity contribution >= 4 is 49.8 Å². The summed E-state index contributed by atoms with van der Waals surface area (Å²) in [5.41, 5.74) is 3.40. The van der Waals surface area contributed by atoms with Gasteiger partial charge in [-0.3, -0.25) is 4.79 Å². The Bertz CT molecular complexity index is 885. The standard InChI is InChI=1S/C23H22Br2O3/c1-14-8-17(10-15-12-19(24)4-6-21(15)27-2)23(26)18(9-14)11-16-13-20(25)5-7-22(16)28-3/h4-7,10-14H,8-9H2,1-3H3/b17-10-,18-11+. The van der Waals surface area contributed by atoms with Crippen LogP contribution in [0.25, 0.3) is 12.2 Å². The number of benzene rings is 2. The quantitative estimate of drug-likeness (QED) is 0.434. The summed E-state index contributed by atoms with van der Waals surface area (Å²) in [6.07, 6.45) is 5.41. The average molecular weight is 506 g/mol. The number of ether oxygens (including phenoxy) is 2. The number of carbonyl (C=O) groups excluding carboxylic acids is 1. The zero-order valence-corrected chi connectivity index (χ0v) is 19.3. The Balaban J connectivity index is 2.02. The lowest BCUT2D eigenvalue weighted by Crippen LogP contribution is -2.18. The van der Waals surface area contributed by atoms with Gasteiger partial charge >= 0.3 is 0 Å². The fourth-order valence-electron chi connectivity index (χ4n) is 3.47. The maximum Gasteiger partial charge on any atom is 0.185 e. The van der Waals surface area contributed by atoms with Crippen LogP contribution < -0.4 is 9.47 Å². The molecule has 1 unspecified atom stereocenters. The molecule has 0 aliphatic heterocycles. The van der Waals surface area contributed by atoms with Crippen LogP contribution in [0.15, 0.2) is 56.5 Å². The zero-order valence-electron chi connectivity index (χ0n) is 16.1. The lowest BCUT2D eigenvalue weighted by atomic mass is 9.80. The third-order valence-electron chi connectivity index (χ3n) is 4.76. The van der Waals surface area contributed by atoms with Crippen molar-refractivity contribution in [3.63, 3.8) is 0 Å². The number of Topliss-reactive ketones (excluding diaryl/α,β-unsaturated/α-hetero) is 1. The summed E-state index contributed by atoms with van der Waals surface area (Å²) in [4.78, 5) is 13.2. The van der Waals surface area contributed by atoms with E-state index in [1.54, 1.807) is 14.2 Å². The van der Waals surface area contributed by atoms with Crippen LogP contribution in [0.5, 0.6) is 11.5 Å². The summed E-state index contributed by atoms with van der Waals surface area (Å²) >= 11 is 6.99. The fourth-order valence-corrected chi connectivity index (χ4v) is 4.23. The van der Waals surface area contributed by atoms with Crippen LogP contribution in [0, 0.1) is 5.92 Å². The molecule has 28 heavy (non-hydrogen) atoms. The minimum atomic E-state index is 0.0853. The third kappa shape index (κ3) is 4.76. The number of hydrogen-bond acceptors (Lipinski definition) is 3. The first kappa shape index (κ1) is 20.9. The summed E-state index contributed by atoms with van der Waals surface area (Å²) in [7, 11) is 3.28. The highest BCUT2D eigenvalue weighted by Gasteiger charge is 2.26. The number of ketones is 1. The van der Waals surface area contributed by atoms with Crippen molar-refractivity contribution in [1.29, 1.82) is 0 Å². The van der Waals surface area contributed by atoms with Crippen molar-refractivity contribution in [1.82, 2.24) is 0 Å². The Morgan fingerprint density at radius 3 is 1.68 bits per heavy atom. The van der Waals surface area contributed by atoms with Crippen molar-refractivity contribution in [3.05, 3.63) is 67.6 Å². The maximum atomic E-state index is 13.2. The molecule has 2 aromatic rings. The highest BCUT2D eigenvalue weighted by Crippen LogP contribution is 2.35. The predicted molar refractivity (Wildman–Crippen MR) is 121 cm³/mol. The number of carbonyl (C=O) groups is 1. The maximum absolute atomic E-state index is 13.2. The van der Waals surface area contributed by atoms with E-state index in [4.69, 9.17) is 9.47 Å². The molecule has 3 nitrogen and oxygen atoms in total. The molecule has 1 aliphatic carbocycles. The number of halogens is 2. The summed E-state index contributed by atoms with van der Waals surface area (Å²) in [6.45, 7) is 2.17. The molecule has 1 saturated carbocycles. The second-order valence-corrected chi connectivity index (χ2v) is 8.79. The van der Waals surface area contributed by atoms with E-state index >= 15 is 0 Å². The van der Waals surface area contributed by atoms with E-state index in [-0.39, 0.29) is 5.78 Å². The van der Waals surface area contributed by atoms with Crippen molar-refractivity contribution in [2.24, 2.45) is 5.92 Å². The van der Waals surface area contributed by atoms with E-state index in [1.807, 2.05) is 48.6 Å². The molecular weight excluding hydrogens is 484 g/mol. The van der Waals surface area contributed by atoms with Gasteiger partial charge in [-0.1, -0.05) is 38.8 Å². The second-order valence-electron chi connectivity index (χ2n) is 6.95. The largest absolute Gasteiger partial charge is 0.496 e. The van der Waals surface area contributed by atoms with Crippen LogP contribution >= 0.6 is 31.9 Å². The van der Waals surface area contributed by atoms with Gasteiger partial charge in [-0.15, -0.1) is 0 Å². The molecule has 0 saturated heterocycles. The SMILES string of the molecule is COc1ccc(Br)cc1/C=C1/CC(C)C/C(=C\c2cc(Br)ccc2OC)C1=O. The summed E-state index contributed by atoms with van der Waals surface area (Å²) < 4.78 is 12.8. The fraction of sp³-hybridized carbons (Fsp3) is 0.261. The number of methoxy groups -OCH3 is 2. The van der Waals surface area contributed by atoms with Crippen molar-refractivity contribution in [2.75, 3.05) is 14.2 Å². The third-order valence-corrected chi connectivity index (χ3v) is 5.75. The normalized spacial score (nSPS) is 19.9. The zero-order chi connectivity index (χ0) is 20.3. The molecule has 1 aliphatic rings. The van der Waals surface area contributed by atoms with Crippen molar-refractivity contribution in [2.45, 2.75) is 19.8 Å². The topological polar surface area (TPSA) is 35.5 Å². The van der Waals surface area contributed by atoms with Gasteiger partial charge < -0.3 is 9.47 Å². The van der Waals surface area contributed by atoms with Crippen molar-refractivity contribution in [3.8, 4) is 11.5 Å². The van der Waals surface area contributed by atoms with Gasteiger partial charge in [0, 0.05) is 31.2 Å². The Morgan fingerprint density at radius 2 is 1.29 bits per heavy atom. The van der Waals surface area contributed by atoms with Crippen LogP contribution in [0.3, 0.4) is 0 Å². The first-order chi connectivity index (χ1) is 13.4. The first-order valence-electron chi connectivity index (χ1n) is 9.04. The minimum absolute atomic E-state index is 0.0853. The molecule has 3 rings (SSSR count). The van der Waals surface area contributed by atoms with E-state index in [2.05, 4.69) is 38.8 Å². The molecule has 0 spiro atoms. The Morgan fingerprint density at radius 1 is 0.857 bits per heavy atom. The van der Waals surface area contributed by atoms with Crippen LogP contribution in [-0.4, -0.2) is 20.0 Å².